The summed E-state index contributed by atoms with van der Waals surface area (Å²) in [6, 6.07) is 3.49. The molecule has 0 N–H and O–H groups in total. The topological polar surface area (TPSA) is 59.5 Å². The van der Waals surface area contributed by atoms with Crippen LogP contribution in [-0.2, 0) is 4.74 Å². The van der Waals surface area contributed by atoms with Crippen LogP contribution in [0.4, 0.5) is 4.79 Å². The average Bonchev–Trinajstić information content (AvgIpc) is 2.86. The fraction of sp³-hybridized carbons (Fsp3) is 0.533. The van der Waals surface area contributed by atoms with Gasteiger partial charge < -0.3 is 9.64 Å². The number of halogens is 1. The molecular formula is C15H19BrN2O3. The number of rotatable bonds is 2. The Kier molecular flexibility index (Phi) is 4.66. The molecule has 0 radical (unpaired) electrons. The first-order chi connectivity index (χ1) is 9.76. The van der Waals surface area contributed by atoms with Crippen LogP contribution in [0.5, 0.6) is 0 Å². The average molecular weight is 355 g/mol. The molecule has 0 aliphatic carbocycles. The summed E-state index contributed by atoms with van der Waals surface area (Å²) in [6.07, 6.45) is 1.89. The van der Waals surface area contributed by atoms with E-state index in [1.807, 2.05) is 20.8 Å². The van der Waals surface area contributed by atoms with E-state index in [0.717, 1.165) is 4.47 Å². The quantitative estimate of drug-likeness (QED) is 0.764. The maximum atomic E-state index is 12.4. The molecule has 2 heterocycles. The molecule has 21 heavy (non-hydrogen) atoms. The second-order valence-electron chi connectivity index (χ2n) is 6.14. The molecule has 6 heteroatoms. The summed E-state index contributed by atoms with van der Waals surface area (Å²) in [5.41, 5.74) is -0.0823. The number of nitrogens with zero attached hydrogens (tertiary/aromatic N) is 2. The molecule has 1 aromatic heterocycles. The third kappa shape index (κ3) is 4.27. The van der Waals surface area contributed by atoms with Crippen LogP contribution in [0.1, 0.15) is 37.7 Å². The lowest BCUT2D eigenvalue weighted by Crippen LogP contribution is -2.35. The molecule has 1 aromatic rings. The van der Waals surface area contributed by atoms with E-state index in [0.29, 0.717) is 25.2 Å². The smallest absolute Gasteiger partial charge is 0.410 e. The molecule has 0 aromatic carbocycles. The zero-order valence-electron chi connectivity index (χ0n) is 12.4. The van der Waals surface area contributed by atoms with Crippen molar-refractivity contribution in [3.8, 4) is 0 Å². The van der Waals surface area contributed by atoms with E-state index in [1.165, 1.54) is 0 Å². The van der Waals surface area contributed by atoms with Crippen LogP contribution in [0.25, 0.3) is 0 Å². The Balaban J connectivity index is 1.97. The number of amides is 1. The van der Waals surface area contributed by atoms with Crippen molar-refractivity contribution in [2.24, 2.45) is 5.92 Å². The summed E-state index contributed by atoms with van der Waals surface area (Å²) in [4.78, 5) is 30.0. The van der Waals surface area contributed by atoms with Crippen LogP contribution in [0.3, 0.4) is 0 Å². The lowest BCUT2D eigenvalue weighted by atomic mass is 10.0. The molecule has 1 fully saturated rings. The molecule has 1 atom stereocenters. The summed E-state index contributed by atoms with van der Waals surface area (Å²) in [5, 5.41) is 0. The van der Waals surface area contributed by atoms with Gasteiger partial charge in [0.15, 0.2) is 5.78 Å². The Morgan fingerprint density at radius 3 is 2.67 bits per heavy atom. The number of carbonyl (C=O) groups is 2. The number of ketones is 1. The molecule has 1 aliphatic rings. The molecule has 1 unspecified atom stereocenters. The van der Waals surface area contributed by atoms with Gasteiger partial charge in [-0.25, -0.2) is 4.79 Å². The largest absolute Gasteiger partial charge is 0.444 e. The summed E-state index contributed by atoms with van der Waals surface area (Å²) < 4.78 is 6.16. The monoisotopic (exact) mass is 354 g/mol. The van der Waals surface area contributed by atoms with Crippen molar-refractivity contribution in [1.29, 1.82) is 0 Å². The van der Waals surface area contributed by atoms with Gasteiger partial charge in [0.25, 0.3) is 0 Å². The number of carbonyl (C=O) groups excluding carboxylic acids is 2. The Morgan fingerprint density at radius 2 is 2.10 bits per heavy atom. The molecule has 1 saturated heterocycles. The second-order valence-corrected chi connectivity index (χ2v) is 7.05. The van der Waals surface area contributed by atoms with Gasteiger partial charge in [-0.3, -0.25) is 9.78 Å². The maximum Gasteiger partial charge on any atom is 0.410 e. The second kappa shape index (κ2) is 6.13. The number of hydrogen-bond acceptors (Lipinski definition) is 4. The number of aromatic nitrogens is 1. The maximum absolute atomic E-state index is 12.4. The highest BCUT2D eigenvalue weighted by atomic mass is 79.9. The van der Waals surface area contributed by atoms with Crippen LogP contribution in [-0.4, -0.2) is 40.5 Å². The van der Waals surface area contributed by atoms with Gasteiger partial charge in [0.1, 0.15) is 11.3 Å². The third-order valence-electron chi connectivity index (χ3n) is 3.19. The number of likely N-dealkylation sites (tertiary alicyclic amines) is 1. The van der Waals surface area contributed by atoms with E-state index in [2.05, 4.69) is 20.9 Å². The van der Waals surface area contributed by atoms with Gasteiger partial charge in [-0.1, -0.05) is 0 Å². The fourth-order valence-electron chi connectivity index (χ4n) is 2.20. The first kappa shape index (κ1) is 15.9. The zero-order chi connectivity index (χ0) is 15.6. The molecule has 0 saturated carbocycles. The minimum Gasteiger partial charge on any atom is -0.444 e. The summed E-state index contributed by atoms with van der Waals surface area (Å²) in [7, 11) is 0. The van der Waals surface area contributed by atoms with Crippen molar-refractivity contribution in [1.82, 2.24) is 9.88 Å². The van der Waals surface area contributed by atoms with E-state index < -0.39 is 5.60 Å². The predicted octanol–water partition coefficient (Wildman–Crippen LogP) is 3.28. The minimum absolute atomic E-state index is 0.0199. The molecule has 1 aliphatic heterocycles. The Hall–Kier alpha value is -1.43. The van der Waals surface area contributed by atoms with Crippen LogP contribution in [0.15, 0.2) is 22.8 Å². The highest BCUT2D eigenvalue weighted by Gasteiger charge is 2.34. The van der Waals surface area contributed by atoms with E-state index >= 15 is 0 Å². The Labute approximate surface area is 132 Å². The SMILES string of the molecule is CC(C)(C)OC(=O)N1CCC(C(=O)c2ccc(Br)cn2)C1. The molecule has 0 spiro atoms. The fourth-order valence-corrected chi connectivity index (χ4v) is 2.43. The van der Waals surface area contributed by atoms with Crippen LogP contribution in [0.2, 0.25) is 0 Å². The number of ether oxygens (including phenoxy) is 1. The van der Waals surface area contributed by atoms with Crippen molar-refractivity contribution in [3.63, 3.8) is 0 Å². The molecular weight excluding hydrogens is 336 g/mol. The lowest BCUT2D eigenvalue weighted by Gasteiger charge is -2.24. The van der Waals surface area contributed by atoms with Crippen LogP contribution < -0.4 is 0 Å². The van der Waals surface area contributed by atoms with Gasteiger partial charge in [0.05, 0.1) is 0 Å². The molecule has 1 amide bonds. The van der Waals surface area contributed by atoms with Crippen molar-refractivity contribution < 1.29 is 14.3 Å². The van der Waals surface area contributed by atoms with Gasteiger partial charge in [-0.2, -0.15) is 0 Å². The van der Waals surface area contributed by atoms with Gasteiger partial charge >= 0.3 is 6.09 Å². The van der Waals surface area contributed by atoms with Gasteiger partial charge in [-0.05, 0) is 55.3 Å². The molecule has 5 nitrogen and oxygen atoms in total. The summed E-state index contributed by atoms with van der Waals surface area (Å²) in [6.45, 7) is 6.42. The lowest BCUT2D eigenvalue weighted by molar-refractivity contribution is 0.0289. The Bertz CT molecular complexity index is 537. The van der Waals surface area contributed by atoms with Crippen molar-refractivity contribution >= 4 is 27.8 Å². The number of Topliss-reactive ketones (excluding diaryl/α,β-unsaturated/α-hetero) is 1. The van der Waals surface area contributed by atoms with Crippen molar-refractivity contribution in [2.75, 3.05) is 13.1 Å². The van der Waals surface area contributed by atoms with E-state index in [4.69, 9.17) is 4.74 Å². The first-order valence-electron chi connectivity index (χ1n) is 6.90. The third-order valence-corrected chi connectivity index (χ3v) is 3.66. The first-order valence-corrected chi connectivity index (χ1v) is 7.69. The highest BCUT2D eigenvalue weighted by molar-refractivity contribution is 9.10. The van der Waals surface area contributed by atoms with Gasteiger partial charge in [0.2, 0.25) is 0 Å². The van der Waals surface area contributed by atoms with Gasteiger partial charge in [-0.15, -0.1) is 0 Å². The van der Waals surface area contributed by atoms with Crippen molar-refractivity contribution in [3.05, 3.63) is 28.5 Å². The predicted molar refractivity (Wildman–Crippen MR) is 82.2 cm³/mol. The van der Waals surface area contributed by atoms with Gasteiger partial charge in [0, 0.05) is 29.7 Å². The zero-order valence-corrected chi connectivity index (χ0v) is 14.0. The van der Waals surface area contributed by atoms with Crippen molar-refractivity contribution in [2.45, 2.75) is 32.8 Å². The van der Waals surface area contributed by atoms with Crippen LogP contribution >= 0.6 is 15.9 Å². The number of hydrogen-bond donors (Lipinski definition) is 0. The minimum atomic E-state index is -0.521. The summed E-state index contributed by atoms with van der Waals surface area (Å²) in [5.74, 6) is -0.222. The highest BCUT2D eigenvalue weighted by Crippen LogP contribution is 2.22. The normalized spacial score (nSPS) is 18.7. The number of pyridine rings is 1. The summed E-state index contributed by atoms with van der Waals surface area (Å²) >= 11 is 3.29. The van der Waals surface area contributed by atoms with Crippen LogP contribution in [0, 0.1) is 5.92 Å². The van der Waals surface area contributed by atoms with E-state index in [9.17, 15) is 9.59 Å². The standard InChI is InChI=1S/C15H19BrN2O3/c1-15(2,3)21-14(20)18-7-6-10(9-18)13(19)12-5-4-11(16)8-17-12/h4-5,8,10H,6-7,9H2,1-3H3. The molecule has 0 bridgehead atoms. The Morgan fingerprint density at radius 1 is 1.38 bits per heavy atom. The molecule has 114 valence electrons. The van der Waals surface area contributed by atoms with E-state index in [-0.39, 0.29) is 17.8 Å². The van der Waals surface area contributed by atoms with E-state index in [1.54, 1.807) is 23.2 Å². The molecule has 2 rings (SSSR count).